The molecule has 0 spiro atoms. The fraction of sp³-hybridized carbons (Fsp3) is 0.636. The third-order valence-electron chi connectivity index (χ3n) is 2.88. The molecule has 0 unspecified atom stereocenters. The van der Waals surface area contributed by atoms with Crippen LogP contribution in [0.2, 0.25) is 0 Å². The van der Waals surface area contributed by atoms with E-state index in [1.54, 1.807) is 29.5 Å². The van der Waals surface area contributed by atoms with Crippen LogP contribution in [-0.2, 0) is 16.1 Å². The molecule has 1 aliphatic rings. The molecule has 6 heteroatoms. The van der Waals surface area contributed by atoms with Crippen LogP contribution in [0.3, 0.4) is 0 Å². The molecule has 1 aromatic rings. The van der Waals surface area contributed by atoms with Gasteiger partial charge in [-0.05, 0) is 12.8 Å². The van der Waals surface area contributed by atoms with E-state index in [9.17, 15) is 4.79 Å². The van der Waals surface area contributed by atoms with E-state index in [-0.39, 0.29) is 18.1 Å². The van der Waals surface area contributed by atoms with Crippen molar-refractivity contribution in [2.75, 3.05) is 13.6 Å². The minimum Gasteiger partial charge on any atom is -0.364 e. The van der Waals surface area contributed by atoms with Gasteiger partial charge in [0, 0.05) is 25.2 Å². The summed E-state index contributed by atoms with van der Waals surface area (Å²) in [5.41, 5.74) is 5.52. The first-order valence-corrected chi connectivity index (χ1v) is 6.57. The van der Waals surface area contributed by atoms with E-state index in [1.165, 1.54) is 0 Å². The minimum atomic E-state index is -0.325. The minimum absolute atomic E-state index is 0.0242. The molecule has 2 rings (SSSR count). The maximum atomic E-state index is 12.1. The summed E-state index contributed by atoms with van der Waals surface area (Å²) in [6, 6.07) is 0. The number of aromatic nitrogens is 1. The summed E-state index contributed by atoms with van der Waals surface area (Å²) in [5.74, 6) is 0.0242. The molecular weight excluding hydrogens is 238 g/mol. The second-order valence-electron chi connectivity index (χ2n) is 4.18. The Balaban J connectivity index is 1.87. The zero-order valence-electron chi connectivity index (χ0n) is 9.83. The molecule has 2 heterocycles. The average Bonchev–Trinajstić information content (AvgIpc) is 2.98. The zero-order valence-corrected chi connectivity index (χ0v) is 10.7. The van der Waals surface area contributed by atoms with Gasteiger partial charge in [-0.3, -0.25) is 4.79 Å². The topological polar surface area (TPSA) is 68.5 Å². The standard InChI is InChI=1S/C11H17N3O2S/c1-14(7-10-13-4-5-17-10)11(15)9-3-2-8(6-12)16-9/h4-5,8-9H,2-3,6-7,12H2,1H3/t8-,9+/m1/s1. The maximum absolute atomic E-state index is 12.1. The first-order chi connectivity index (χ1) is 8.20. The van der Waals surface area contributed by atoms with E-state index in [0.29, 0.717) is 13.1 Å². The lowest BCUT2D eigenvalue weighted by Gasteiger charge is -2.20. The fourth-order valence-electron chi connectivity index (χ4n) is 1.92. The highest BCUT2D eigenvalue weighted by molar-refractivity contribution is 7.09. The van der Waals surface area contributed by atoms with Crippen molar-refractivity contribution in [1.82, 2.24) is 9.88 Å². The van der Waals surface area contributed by atoms with Crippen LogP contribution in [0, 0.1) is 0 Å². The van der Waals surface area contributed by atoms with E-state index < -0.39 is 0 Å². The van der Waals surface area contributed by atoms with Crippen molar-refractivity contribution in [3.8, 4) is 0 Å². The molecule has 0 aliphatic carbocycles. The smallest absolute Gasteiger partial charge is 0.251 e. The van der Waals surface area contributed by atoms with Crippen molar-refractivity contribution in [3.05, 3.63) is 16.6 Å². The van der Waals surface area contributed by atoms with Gasteiger partial charge >= 0.3 is 0 Å². The van der Waals surface area contributed by atoms with Crippen molar-refractivity contribution >= 4 is 17.2 Å². The highest BCUT2D eigenvalue weighted by Crippen LogP contribution is 2.21. The lowest BCUT2D eigenvalue weighted by molar-refractivity contribution is -0.141. The summed E-state index contributed by atoms with van der Waals surface area (Å²) in [6.45, 7) is 1.03. The van der Waals surface area contributed by atoms with Crippen LogP contribution in [0.4, 0.5) is 0 Å². The van der Waals surface area contributed by atoms with Gasteiger partial charge in [0.15, 0.2) is 0 Å². The number of nitrogens with two attached hydrogens (primary N) is 1. The van der Waals surface area contributed by atoms with Crippen LogP contribution >= 0.6 is 11.3 Å². The zero-order chi connectivity index (χ0) is 12.3. The Hall–Kier alpha value is -0.980. The number of carbonyl (C=O) groups is 1. The Labute approximate surface area is 105 Å². The van der Waals surface area contributed by atoms with Crippen LogP contribution in [0.5, 0.6) is 0 Å². The molecule has 2 N–H and O–H groups in total. The van der Waals surface area contributed by atoms with Crippen molar-refractivity contribution in [2.45, 2.75) is 31.6 Å². The van der Waals surface area contributed by atoms with E-state index in [1.807, 2.05) is 5.38 Å². The van der Waals surface area contributed by atoms with Crippen molar-refractivity contribution in [2.24, 2.45) is 5.73 Å². The SMILES string of the molecule is CN(Cc1nccs1)C(=O)[C@@H]1CC[C@H](CN)O1. The molecule has 0 radical (unpaired) electrons. The number of likely N-dealkylation sites (N-methyl/N-ethyl adjacent to an activating group) is 1. The Morgan fingerprint density at radius 1 is 1.71 bits per heavy atom. The van der Waals surface area contributed by atoms with Crippen molar-refractivity contribution in [1.29, 1.82) is 0 Å². The van der Waals surface area contributed by atoms with Gasteiger partial charge in [-0.1, -0.05) is 0 Å². The molecule has 1 amide bonds. The summed E-state index contributed by atoms with van der Waals surface area (Å²) in [4.78, 5) is 17.9. The lowest BCUT2D eigenvalue weighted by atomic mass is 10.2. The lowest BCUT2D eigenvalue weighted by Crippen LogP contribution is -2.36. The highest BCUT2D eigenvalue weighted by Gasteiger charge is 2.31. The van der Waals surface area contributed by atoms with Gasteiger partial charge in [0.1, 0.15) is 11.1 Å². The molecule has 0 bridgehead atoms. The highest BCUT2D eigenvalue weighted by atomic mass is 32.1. The van der Waals surface area contributed by atoms with Crippen LogP contribution in [0.25, 0.3) is 0 Å². The molecule has 1 saturated heterocycles. The molecule has 94 valence electrons. The normalized spacial score (nSPS) is 23.9. The first kappa shape index (κ1) is 12.5. The Morgan fingerprint density at radius 2 is 2.53 bits per heavy atom. The van der Waals surface area contributed by atoms with Gasteiger partial charge in [-0.2, -0.15) is 0 Å². The molecule has 0 saturated carbocycles. The maximum Gasteiger partial charge on any atom is 0.251 e. The number of thiazole rings is 1. The summed E-state index contributed by atoms with van der Waals surface area (Å²) in [6.07, 6.45) is 3.10. The summed E-state index contributed by atoms with van der Waals surface area (Å²) < 4.78 is 5.58. The first-order valence-electron chi connectivity index (χ1n) is 5.69. The van der Waals surface area contributed by atoms with Crippen LogP contribution in [0.1, 0.15) is 17.8 Å². The quantitative estimate of drug-likeness (QED) is 0.856. The number of nitrogens with zero attached hydrogens (tertiary/aromatic N) is 2. The fourth-order valence-corrected chi connectivity index (χ4v) is 2.59. The number of carbonyl (C=O) groups excluding carboxylic acids is 1. The Bertz CT molecular complexity index is 369. The third kappa shape index (κ3) is 3.02. The monoisotopic (exact) mass is 255 g/mol. The second kappa shape index (κ2) is 5.57. The third-order valence-corrected chi connectivity index (χ3v) is 3.64. The molecule has 1 aromatic heterocycles. The van der Waals surface area contributed by atoms with Crippen LogP contribution in [-0.4, -0.2) is 41.6 Å². The molecule has 2 atom stereocenters. The Morgan fingerprint density at radius 3 is 3.12 bits per heavy atom. The average molecular weight is 255 g/mol. The second-order valence-corrected chi connectivity index (χ2v) is 5.16. The van der Waals surface area contributed by atoms with E-state index in [2.05, 4.69) is 4.98 Å². The summed E-state index contributed by atoms with van der Waals surface area (Å²) in [5, 5.41) is 2.85. The van der Waals surface area contributed by atoms with Gasteiger partial charge < -0.3 is 15.4 Å². The van der Waals surface area contributed by atoms with E-state index in [0.717, 1.165) is 17.8 Å². The molecule has 1 aliphatic heterocycles. The number of amides is 1. The van der Waals surface area contributed by atoms with Gasteiger partial charge in [0.2, 0.25) is 0 Å². The van der Waals surface area contributed by atoms with E-state index >= 15 is 0 Å². The Kier molecular flexibility index (Phi) is 4.09. The van der Waals surface area contributed by atoms with Gasteiger partial charge in [0.25, 0.3) is 5.91 Å². The van der Waals surface area contributed by atoms with Gasteiger partial charge in [-0.25, -0.2) is 4.98 Å². The molecular formula is C11H17N3O2S. The van der Waals surface area contributed by atoms with Crippen LogP contribution < -0.4 is 5.73 Å². The number of hydrogen-bond donors (Lipinski definition) is 1. The number of rotatable bonds is 4. The van der Waals surface area contributed by atoms with Crippen LogP contribution in [0.15, 0.2) is 11.6 Å². The number of ether oxygens (including phenoxy) is 1. The summed E-state index contributed by atoms with van der Waals surface area (Å²) >= 11 is 1.55. The molecule has 1 fully saturated rings. The molecule has 17 heavy (non-hydrogen) atoms. The molecule has 5 nitrogen and oxygen atoms in total. The summed E-state index contributed by atoms with van der Waals surface area (Å²) in [7, 11) is 1.78. The largest absolute Gasteiger partial charge is 0.364 e. The molecule has 0 aromatic carbocycles. The van der Waals surface area contributed by atoms with Crippen molar-refractivity contribution in [3.63, 3.8) is 0 Å². The van der Waals surface area contributed by atoms with E-state index in [4.69, 9.17) is 10.5 Å². The van der Waals surface area contributed by atoms with Gasteiger partial charge in [-0.15, -0.1) is 11.3 Å². The van der Waals surface area contributed by atoms with Crippen molar-refractivity contribution < 1.29 is 9.53 Å². The predicted molar refractivity (Wildman–Crippen MR) is 65.5 cm³/mol. The van der Waals surface area contributed by atoms with Gasteiger partial charge in [0.05, 0.1) is 12.6 Å². The number of hydrogen-bond acceptors (Lipinski definition) is 5. The predicted octanol–water partition coefficient (Wildman–Crippen LogP) is 0.608.